The highest BCUT2D eigenvalue weighted by Gasteiger charge is 2.09. The summed E-state index contributed by atoms with van der Waals surface area (Å²) in [5.41, 5.74) is 0.409. The Morgan fingerprint density at radius 1 is 1.38 bits per heavy atom. The first-order valence-electron chi connectivity index (χ1n) is 4.96. The van der Waals surface area contributed by atoms with E-state index in [1.807, 2.05) is 0 Å². The normalized spacial score (nSPS) is 10.2. The van der Waals surface area contributed by atoms with E-state index in [1.54, 1.807) is 11.8 Å². The summed E-state index contributed by atoms with van der Waals surface area (Å²) in [4.78, 5) is 23.1. The Kier molecular flexibility index (Phi) is 7.15. The summed E-state index contributed by atoms with van der Waals surface area (Å²) < 4.78 is 0. The molecule has 1 amide bonds. The van der Waals surface area contributed by atoms with Crippen molar-refractivity contribution in [3.8, 4) is 0 Å². The van der Waals surface area contributed by atoms with Crippen molar-refractivity contribution in [1.29, 1.82) is 0 Å². The lowest BCUT2D eigenvalue weighted by molar-refractivity contribution is -0.138. The van der Waals surface area contributed by atoms with Gasteiger partial charge in [-0.3, -0.25) is 14.5 Å². The van der Waals surface area contributed by atoms with Crippen LogP contribution in [0.15, 0.2) is 12.2 Å². The van der Waals surface area contributed by atoms with Crippen molar-refractivity contribution < 1.29 is 19.8 Å². The van der Waals surface area contributed by atoms with Gasteiger partial charge in [0.25, 0.3) is 0 Å². The van der Waals surface area contributed by atoms with Crippen molar-refractivity contribution in [2.24, 2.45) is 0 Å². The molecule has 3 N–H and O–H groups in total. The van der Waals surface area contributed by atoms with Crippen LogP contribution >= 0.6 is 0 Å². The van der Waals surface area contributed by atoms with Crippen molar-refractivity contribution in [2.45, 2.75) is 6.92 Å². The molecule has 0 aliphatic heterocycles. The summed E-state index contributed by atoms with van der Waals surface area (Å²) in [6, 6.07) is 0. The smallest absolute Gasteiger partial charge is 0.317 e. The average Bonchev–Trinajstić information content (AvgIpc) is 2.16. The van der Waals surface area contributed by atoms with Crippen LogP contribution in [-0.4, -0.2) is 59.8 Å². The fourth-order valence-corrected chi connectivity index (χ4v) is 1.08. The molecular weight excluding hydrogens is 212 g/mol. The van der Waals surface area contributed by atoms with Crippen molar-refractivity contribution in [3.63, 3.8) is 0 Å². The summed E-state index contributed by atoms with van der Waals surface area (Å²) in [5, 5.41) is 19.9. The number of carboxylic acid groups (broad SMARTS) is 1. The van der Waals surface area contributed by atoms with Gasteiger partial charge in [0, 0.05) is 25.2 Å². The van der Waals surface area contributed by atoms with Crippen LogP contribution in [0.1, 0.15) is 6.92 Å². The first kappa shape index (κ1) is 14.6. The number of aliphatic hydroxyl groups is 1. The number of carboxylic acids is 1. The molecule has 0 saturated carbocycles. The van der Waals surface area contributed by atoms with Crippen LogP contribution in [0.4, 0.5) is 0 Å². The van der Waals surface area contributed by atoms with Crippen LogP contribution in [0, 0.1) is 0 Å². The second-order valence-electron chi connectivity index (χ2n) is 3.43. The Morgan fingerprint density at radius 2 is 2.00 bits per heavy atom. The number of aliphatic hydroxyl groups excluding tert-OH is 1. The number of carbonyl (C=O) groups excluding carboxylic acids is 1. The number of rotatable bonds is 8. The van der Waals surface area contributed by atoms with Crippen LogP contribution < -0.4 is 5.32 Å². The maximum absolute atomic E-state index is 11.1. The van der Waals surface area contributed by atoms with Crippen molar-refractivity contribution in [3.05, 3.63) is 12.2 Å². The molecule has 0 fully saturated rings. The highest BCUT2D eigenvalue weighted by Crippen LogP contribution is 1.88. The fraction of sp³-hybridized carbons (Fsp3) is 0.600. The Morgan fingerprint density at radius 3 is 2.44 bits per heavy atom. The molecule has 0 rings (SSSR count). The molecule has 16 heavy (non-hydrogen) atoms. The molecule has 6 heteroatoms. The second-order valence-corrected chi connectivity index (χ2v) is 3.43. The minimum Gasteiger partial charge on any atom is -0.480 e. The first-order chi connectivity index (χ1) is 7.47. The molecule has 0 saturated heterocycles. The second kappa shape index (κ2) is 7.84. The summed E-state index contributed by atoms with van der Waals surface area (Å²) in [5.74, 6) is -1.21. The van der Waals surface area contributed by atoms with Gasteiger partial charge in [0.1, 0.15) is 0 Å². The Balaban J connectivity index is 3.88. The lowest BCUT2D eigenvalue weighted by Gasteiger charge is -2.18. The monoisotopic (exact) mass is 230 g/mol. The Labute approximate surface area is 94.6 Å². The lowest BCUT2D eigenvalue weighted by Crippen LogP contribution is -2.39. The largest absolute Gasteiger partial charge is 0.480 e. The van der Waals surface area contributed by atoms with Gasteiger partial charge in [-0.2, -0.15) is 0 Å². The van der Waals surface area contributed by atoms with E-state index in [0.29, 0.717) is 18.7 Å². The number of nitrogens with one attached hydrogen (secondary N) is 1. The van der Waals surface area contributed by atoms with Crippen LogP contribution in [0.2, 0.25) is 0 Å². The van der Waals surface area contributed by atoms with Crippen LogP contribution in [0.25, 0.3) is 0 Å². The predicted molar refractivity (Wildman–Crippen MR) is 59.0 cm³/mol. The topological polar surface area (TPSA) is 89.9 Å². The van der Waals surface area contributed by atoms with E-state index in [2.05, 4.69) is 11.9 Å². The first-order valence-corrected chi connectivity index (χ1v) is 4.96. The van der Waals surface area contributed by atoms with E-state index < -0.39 is 5.97 Å². The van der Waals surface area contributed by atoms with Crippen LogP contribution in [-0.2, 0) is 9.59 Å². The predicted octanol–water partition coefficient (Wildman–Crippen LogP) is -0.942. The number of nitrogens with zero attached hydrogens (tertiary/aromatic N) is 1. The molecule has 0 aromatic heterocycles. The van der Waals surface area contributed by atoms with Gasteiger partial charge in [-0.25, -0.2) is 0 Å². The van der Waals surface area contributed by atoms with Gasteiger partial charge in [0.2, 0.25) is 5.91 Å². The quantitative estimate of drug-likeness (QED) is 0.468. The van der Waals surface area contributed by atoms with Crippen LogP contribution in [0.5, 0.6) is 0 Å². The van der Waals surface area contributed by atoms with Gasteiger partial charge in [-0.05, 0) is 6.92 Å². The molecule has 0 aliphatic rings. The molecule has 0 aromatic carbocycles. The van der Waals surface area contributed by atoms with E-state index in [-0.39, 0.29) is 25.6 Å². The standard InChI is InChI=1S/C10H18N2O4/c1-8(2)10(16)11-3-4-12(5-6-13)7-9(14)15/h13H,1,3-7H2,2H3,(H,11,16)(H,14,15). The zero-order valence-corrected chi connectivity index (χ0v) is 9.40. The van der Waals surface area contributed by atoms with E-state index in [4.69, 9.17) is 10.2 Å². The van der Waals surface area contributed by atoms with Gasteiger partial charge in [0.05, 0.1) is 13.2 Å². The minimum atomic E-state index is -0.959. The van der Waals surface area contributed by atoms with Gasteiger partial charge < -0.3 is 15.5 Å². The maximum Gasteiger partial charge on any atom is 0.317 e. The van der Waals surface area contributed by atoms with Crippen molar-refractivity contribution in [1.82, 2.24) is 10.2 Å². The molecule has 0 bridgehead atoms. The van der Waals surface area contributed by atoms with E-state index in [1.165, 1.54) is 0 Å². The molecule has 0 heterocycles. The number of carbonyl (C=O) groups is 2. The van der Waals surface area contributed by atoms with E-state index >= 15 is 0 Å². The zero-order valence-electron chi connectivity index (χ0n) is 9.40. The molecule has 0 atom stereocenters. The lowest BCUT2D eigenvalue weighted by atomic mass is 10.3. The number of aliphatic carboxylic acids is 1. The van der Waals surface area contributed by atoms with Crippen LogP contribution in [0.3, 0.4) is 0 Å². The molecule has 0 radical (unpaired) electrons. The zero-order chi connectivity index (χ0) is 12.6. The molecule has 6 nitrogen and oxygen atoms in total. The van der Waals surface area contributed by atoms with E-state index in [9.17, 15) is 9.59 Å². The molecule has 0 aromatic rings. The average molecular weight is 230 g/mol. The third-order valence-corrected chi connectivity index (χ3v) is 1.88. The van der Waals surface area contributed by atoms with Crippen molar-refractivity contribution >= 4 is 11.9 Å². The summed E-state index contributed by atoms with van der Waals surface area (Å²) in [6.07, 6.45) is 0. The van der Waals surface area contributed by atoms with Gasteiger partial charge >= 0.3 is 5.97 Å². The molecule has 92 valence electrons. The summed E-state index contributed by atoms with van der Waals surface area (Å²) >= 11 is 0. The van der Waals surface area contributed by atoms with Gasteiger partial charge in [-0.15, -0.1) is 0 Å². The number of hydrogen-bond donors (Lipinski definition) is 3. The van der Waals surface area contributed by atoms with Crippen molar-refractivity contribution in [2.75, 3.05) is 32.8 Å². The highest BCUT2D eigenvalue weighted by atomic mass is 16.4. The SMILES string of the molecule is C=C(C)C(=O)NCCN(CCO)CC(=O)O. The molecule has 0 unspecified atom stereocenters. The minimum absolute atomic E-state index is 0.109. The third kappa shape index (κ3) is 6.97. The van der Waals surface area contributed by atoms with E-state index in [0.717, 1.165) is 0 Å². The number of amides is 1. The molecular formula is C10H18N2O4. The van der Waals surface area contributed by atoms with Gasteiger partial charge in [0.15, 0.2) is 0 Å². The highest BCUT2D eigenvalue weighted by molar-refractivity contribution is 5.92. The van der Waals surface area contributed by atoms with Gasteiger partial charge in [-0.1, -0.05) is 6.58 Å². The third-order valence-electron chi connectivity index (χ3n) is 1.88. The summed E-state index contributed by atoms with van der Waals surface area (Å²) in [6.45, 7) is 5.80. The Hall–Kier alpha value is -1.40. The fourth-order valence-electron chi connectivity index (χ4n) is 1.08. The summed E-state index contributed by atoms with van der Waals surface area (Å²) in [7, 11) is 0. The number of hydrogen-bond acceptors (Lipinski definition) is 4. The maximum atomic E-state index is 11.1. The molecule has 0 aliphatic carbocycles. The Bertz CT molecular complexity index is 266. The molecule has 0 spiro atoms.